The molecule has 17 heavy (non-hydrogen) atoms. The number of hydrogen-bond acceptors (Lipinski definition) is 5. The van der Waals surface area contributed by atoms with E-state index in [2.05, 4.69) is 4.74 Å². The van der Waals surface area contributed by atoms with E-state index in [4.69, 9.17) is 14.6 Å². The van der Waals surface area contributed by atoms with Crippen LogP contribution in [0.3, 0.4) is 0 Å². The molecular formula is C12H14O5. The van der Waals surface area contributed by atoms with Crippen LogP contribution in [0.4, 0.5) is 0 Å². The molecule has 2 rings (SSSR count). The molecule has 1 unspecified atom stereocenters. The summed E-state index contributed by atoms with van der Waals surface area (Å²) >= 11 is 0. The molecule has 0 spiro atoms. The third-order valence-corrected chi connectivity index (χ3v) is 2.68. The number of hydrogen-bond donors (Lipinski definition) is 1. The molecule has 5 heteroatoms. The molecular weight excluding hydrogens is 224 g/mol. The fourth-order valence-corrected chi connectivity index (χ4v) is 1.73. The van der Waals surface area contributed by atoms with Crippen LogP contribution in [0, 0.1) is 0 Å². The summed E-state index contributed by atoms with van der Waals surface area (Å²) in [6.45, 7) is 1.53. The highest BCUT2D eigenvalue weighted by atomic mass is 16.6. The summed E-state index contributed by atoms with van der Waals surface area (Å²) in [6, 6.07) is 5.16. The minimum absolute atomic E-state index is 0.0592. The number of fused-ring (bicyclic) bond motifs is 1. The Bertz CT molecular complexity index is 443. The van der Waals surface area contributed by atoms with Crippen molar-refractivity contribution in [3.8, 4) is 11.5 Å². The Morgan fingerprint density at radius 1 is 1.59 bits per heavy atom. The van der Waals surface area contributed by atoms with Crippen LogP contribution < -0.4 is 9.47 Å². The average molecular weight is 238 g/mol. The van der Waals surface area contributed by atoms with Crippen LogP contribution in [0.25, 0.3) is 0 Å². The Hall–Kier alpha value is -1.75. The van der Waals surface area contributed by atoms with Crippen molar-refractivity contribution in [3.05, 3.63) is 23.8 Å². The lowest BCUT2D eigenvalue weighted by Gasteiger charge is -2.33. The van der Waals surface area contributed by atoms with Crippen LogP contribution in [0.1, 0.15) is 12.5 Å². The molecule has 0 radical (unpaired) electrons. The first-order chi connectivity index (χ1) is 8.10. The molecule has 0 aromatic heterocycles. The molecule has 92 valence electrons. The second-order valence-corrected chi connectivity index (χ2v) is 4.02. The van der Waals surface area contributed by atoms with Crippen LogP contribution in [0.15, 0.2) is 18.2 Å². The van der Waals surface area contributed by atoms with Gasteiger partial charge in [-0.3, -0.25) is 0 Å². The molecule has 0 bridgehead atoms. The number of methoxy groups -OCH3 is 1. The summed E-state index contributed by atoms with van der Waals surface area (Å²) < 4.78 is 15.8. The first-order valence-corrected chi connectivity index (χ1v) is 5.23. The maximum Gasteiger partial charge on any atom is 0.353 e. The van der Waals surface area contributed by atoms with Gasteiger partial charge < -0.3 is 19.3 Å². The highest BCUT2D eigenvalue weighted by Gasteiger charge is 2.42. The molecule has 1 heterocycles. The normalized spacial score (nSPS) is 22.1. The van der Waals surface area contributed by atoms with E-state index in [1.165, 1.54) is 7.11 Å². The number of aliphatic hydroxyl groups excluding tert-OH is 1. The van der Waals surface area contributed by atoms with Crippen molar-refractivity contribution in [1.82, 2.24) is 0 Å². The first kappa shape index (κ1) is 11.7. The number of para-hydroxylation sites is 1. The zero-order valence-corrected chi connectivity index (χ0v) is 9.73. The van der Waals surface area contributed by atoms with Gasteiger partial charge in [-0.1, -0.05) is 12.1 Å². The van der Waals surface area contributed by atoms with Crippen molar-refractivity contribution in [3.63, 3.8) is 0 Å². The zero-order valence-electron chi connectivity index (χ0n) is 9.73. The smallest absolute Gasteiger partial charge is 0.353 e. The maximum absolute atomic E-state index is 11.6. The van der Waals surface area contributed by atoms with E-state index >= 15 is 0 Å². The topological polar surface area (TPSA) is 65.0 Å². The van der Waals surface area contributed by atoms with Gasteiger partial charge in [-0.25, -0.2) is 4.79 Å². The molecule has 0 saturated carbocycles. The van der Waals surface area contributed by atoms with E-state index in [9.17, 15) is 4.79 Å². The van der Waals surface area contributed by atoms with Crippen LogP contribution in [-0.2, 0) is 16.1 Å². The van der Waals surface area contributed by atoms with E-state index in [1.54, 1.807) is 25.1 Å². The third kappa shape index (κ3) is 1.93. The standard InChI is InChI=1S/C12H14O5/c1-12(11(14)15-2)7-16-10-8(6-13)4-3-5-9(10)17-12/h3-5,13H,6-7H2,1-2H3. The lowest BCUT2D eigenvalue weighted by molar-refractivity contribution is -0.162. The lowest BCUT2D eigenvalue weighted by atomic mass is 10.1. The van der Waals surface area contributed by atoms with Crippen LogP contribution in [-0.4, -0.2) is 30.4 Å². The van der Waals surface area contributed by atoms with Crippen molar-refractivity contribution in [2.75, 3.05) is 13.7 Å². The molecule has 0 aliphatic carbocycles. The van der Waals surface area contributed by atoms with E-state index in [-0.39, 0.29) is 13.2 Å². The van der Waals surface area contributed by atoms with Gasteiger partial charge in [-0.05, 0) is 13.0 Å². The molecule has 1 atom stereocenters. The van der Waals surface area contributed by atoms with Gasteiger partial charge in [0.2, 0.25) is 5.60 Å². The molecule has 0 fully saturated rings. The number of carbonyl (C=O) groups excluding carboxylic acids is 1. The van der Waals surface area contributed by atoms with Gasteiger partial charge in [0.1, 0.15) is 6.61 Å². The van der Waals surface area contributed by atoms with Crippen molar-refractivity contribution >= 4 is 5.97 Å². The number of esters is 1. The van der Waals surface area contributed by atoms with Gasteiger partial charge in [0.15, 0.2) is 11.5 Å². The minimum Gasteiger partial charge on any atom is -0.484 e. The number of carbonyl (C=O) groups is 1. The molecule has 0 saturated heterocycles. The van der Waals surface area contributed by atoms with Gasteiger partial charge in [-0.15, -0.1) is 0 Å². The Morgan fingerprint density at radius 2 is 2.35 bits per heavy atom. The summed E-state index contributed by atoms with van der Waals surface area (Å²) in [5, 5.41) is 9.15. The average Bonchev–Trinajstić information content (AvgIpc) is 2.36. The largest absolute Gasteiger partial charge is 0.484 e. The highest BCUT2D eigenvalue weighted by molar-refractivity contribution is 5.80. The summed E-state index contributed by atoms with van der Waals surface area (Å²) in [7, 11) is 1.30. The predicted molar refractivity (Wildman–Crippen MR) is 58.9 cm³/mol. The molecule has 1 aliphatic rings. The second kappa shape index (κ2) is 4.25. The number of rotatable bonds is 2. The van der Waals surface area contributed by atoms with Crippen LogP contribution in [0.5, 0.6) is 11.5 Å². The molecule has 0 amide bonds. The SMILES string of the molecule is COC(=O)C1(C)COc2c(CO)cccc2O1. The Morgan fingerprint density at radius 3 is 3.00 bits per heavy atom. The summed E-state index contributed by atoms with van der Waals surface area (Å²) in [4.78, 5) is 11.6. The molecule has 1 aromatic rings. The van der Waals surface area contributed by atoms with Crippen molar-refractivity contribution in [2.24, 2.45) is 0 Å². The number of ether oxygens (including phenoxy) is 3. The minimum atomic E-state index is -1.14. The third-order valence-electron chi connectivity index (χ3n) is 2.68. The molecule has 1 aromatic carbocycles. The van der Waals surface area contributed by atoms with Gasteiger partial charge >= 0.3 is 5.97 Å². The van der Waals surface area contributed by atoms with Gasteiger partial charge in [0, 0.05) is 5.56 Å². The highest BCUT2D eigenvalue weighted by Crippen LogP contribution is 2.38. The predicted octanol–water partition coefficient (Wildman–Crippen LogP) is 0.882. The molecule has 1 aliphatic heterocycles. The quantitative estimate of drug-likeness (QED) is 0.775. The van der Waals surface area contributed by atoms with E-state index in [0.29, 0.717) is 17.1 Å². The van der Waals surface area contributed by atoms with Gasteiger partial charge in [0.05, 0.1) is 13.7 Å². The summed E-state index contributed by atoms with van der Waals surface area (Å²) in [5.41, 5.74) is -0.509. The monoisotopic (exact) mass is 238 g/mol. The van der Waals surface area contributed by atoms with E-state index in [0.717, 1.165) is 0 Å². The molecule has 5 nitrogen and oxygen atoms in total. The lowest BCUT2D eigenvalue weighted by Crippen LogP contribution is -2.49. The number of aliphatic hydroxyl groups is 1. The van der Waals surface area contributed by atoms with Crippen molar-refractivity contribution < 1.29 is 24.1 Å². The first-order valence-electron chi connectivity index (χ1n) is 5.23. The van der Waals surface area contributed by atoms with E-state index < -0.39 is 11.6 Å². The van der Waals surface area contributed by atoms with Crippen molar-refractivity contribution in [1.29, 1.82) is 0 Å². The van der Waals surface area contributed by atoms with Gasteiger partial charge in [0.25, 0.3) is 0 Å². The summed E-state index contributed by atoms with van der Waals surface area (Å²) in [6.07, 6.45) is 0. The second-order valence-electron chi connectivity index (χ2n) is 4.02. The maximum atomic E-state index is 11.6. The fraction of sp³-hybridized carbons (Fsp3) is 0.417. The van der Waals surface area contributed by atoms with Crippen LogP contribution in [0.2, 0.25) is 0 Å². The van der Waals surface area contributed by atoms with E-state index in [1.807, 2.05) is 0 Å². The fourth-order valence-electron chi connectivity index (χ4n) is 1.73. The van der Waals surface area contributed by atoms with Crippen LogP contribution >= 0.6 is 0 Å². The Balaban J connectivity index is 2.34. The van der Waals surface area contributed by atoms with Crippen molar-refractivity contribution in [2.45, 2.75) is 19.1 Å². The van der Waals surface area contributed by atoms with Gasteiger partial charge in [-0.2, -0.15) is 0 Å². The molecule has 1 N–H and O–H groups in total. The zero-order chi connectivity index (χ0) is 12.5. The Kier molecular flexibility index (Phi) is 2.93. The number of benzene rings is 1. The Labute approximate surface area is 98.9 Å². The summed E-state index contributed by atoms with van der Waals surface area (Å²) in [5.74, 6) is 0.435.